The van der Waals surface area contributed by atoms with Crippen LogP contribution in [0.2, 0.25) is 0 Å². The second-order valence-corrected chi connectivity index (χ2v) is 9.93. The minimum atomic E-state index is -0.288. The summed E-state index contributed by atoms with van der Waals surface area (Å²) in [4.78, 5) is 5.81. The van der Waals surface area contributed by atoms with Gasteiger partial charge in [0.25, 0.3) is 0 Å². The third-order valence-corrected chi connectivity index (χ3v) is 6.37. The van der Waals surface area contributed by atoms with Crippen LogP contribution >= 0.6 is 0 Å². The van der Waals surface area contributed by atoms with Crippen molar-refractivity contribution in [2.24, 2.45) is 11.3 Å². The van der Waals surface area contributed by atoms with Gasteiger partial charge < -0.3 is 19.0 Å². The first-order valence-corrected chi connectivity index (χ1v) is 11.0. The van der Waals surface area contributed by atoms with Crippen LogP contribution in [0.5, 0.6) is 11.5 Å². The van der Waals surface area contributed by atoms with E-state index in [9.17, 15) is 5.11 Å². The third-order valence-electron chi connectivity index (χ3n) is 6.37. The highest BCUT2D eigenvalue weighted by molar-refractivity contribution is 5.50. The molecule has 0 saturated carbocycles. The molecule has 0 amide bonds. The summed E-state index contributed by atoms with van der Waals surface area (Å²) in [6.45, 7) is 15.9. The fraction of sp³-hybridized carbons (Fsp3) is 0.560. The average Bonchev–Trinajstić information content (AvgIpc) is 3.19. The maximum absolute atomic E-state index is 10.9. The lowest BCUT2D eigenvalue weighted by Crippen LogP contribution is -2.48. The van der Waals surface area contributed by atoms with Crippen LogP contribution in [0.1, 0.15) is 56.5 Å². The number of ether oxygens (including phenoxy) is 2. The van der Waals surface area contributed by atoms with Crippen LogP contribution in [0, 0.1) is 17.9 Å². The monoisotopic (exact) mass is 424 g/mol. The lowest BCUT2D eigenvalue weighted by Gasteiger charge is -2.47. The highest BCUT2D eigenvalue weighted by atomic mass is 16.5. The Balaban J connectivity index is 1.52. The molecule has 2 aliphatic rings. The van der Waals surface area contributed by atoms with E-state index in [2.05, 4.69) is 42.6 Å². The van der Waals surface area contributed by atoms with Crippen LogP contribution in [-0.2, 0) is 13.0 Å². The summed E-state index contributed by atoms with van der Waals surface area (Å²) in [5.41, 5.74) is 2.70. The van der Waals surface area contributed by atoms with E-state index >= 15 is 0 Å². The van der Waals surface area contributed by atoms with E-state index in [4.69, 9.17) is 20.5 Å². The molecule has 0 spiro atoms. The largest absolute Gasteiger partial charge is 0.493 e. The molecule has 6 heteroatoms. The van der Waals surface area contributed by atoms with E-state index in [1.54, 1.807) is 19.2 Å². The molecule has 0 radical (unpaired) electrons. The van der Waals surface area contributed by atoms with Crippen LogP contribution in [0.25, 0.3) is 4.85 Å². The van der Waals surface area contributed by atoms with Gasteiger partial charge in [0.15, 0.2) is 11.5 Å². The van der Waals surface area contributed by atoms with Gasteiger partial charge in [-0.2, -0.15) is 4.85 Å². The second kappa shape index (κ2) is 8.57. The summed E-state index contributed by atoms with van der Waals surface area (Å²) >= 11 is 0. The van der Waals surface area contributed by atoms with Gasteiger partial charge in [0.1, 0.15) is 12.4 Å². The fourth-order valence-electron chi connectivity index (χ4n) is 5.01. The zero-order valence-electron chi connectivity index (χ0n) is 18.9. The quantitative estimate of drug-likeness (QED) is 0.674. The van der Waals surface area contributed by atoms with E-state index in [-0.39, 0.29) is 30.1 Å². The predicted molar refractivity (Wildman–Crippen MR) is 118 cm³/mol. The van der Waals surface area contributed by atoms with Crippen molar-refractivity contribution in [3.63, 3.8) is 0 Å². The molecule has 4 rings (SSSR count). The molecular formula is C25H32N2O4. The Morgan fingerprint density at radius 3 is 2.74 bits per heavy atom. The van der Waals surface area contributed by atoms with Gasteiger partial charge in [-0.15, -0.1) is 0 Å². The third kappa shape index (κ3) is 4.73. The van der Waals surface area contributed by atoms with Gasteiger partial charge in [-0.3, -0.25) is 4.90 Å². The smallest absolute Gasteiger partial charge is 0.345 e. The van der Waals surface area contributed by atoms with Crippen LogP contribution in [0.15, 0.2) is 28.7 Å². The molecule has 1 aromatic carbocycles. The van der Waals surface area contributed by atoms with Crippen molar-refractivity contribution in [1.29, 1.82) is 0 Å². The minimum Gasteiger partial charge on any atom is -0.493 e. The number of hydrogen-bond donors (Lipinski definition) is 1. The molecule has 3 atom stereocenters. The maximum Gasteiger partial charge on any atom is 0.345 e. The Labute approximate surface area is 184 Å². The highest BCUT2D eigenvalue weighted by Crippen LogP contribution is 2.44. The van der Waals surface area contributed by atoms with Crippen molar-refractivity contribution in [1.82, 2.24) is 4.90 Å². The Morgan fingerprint density at radius 1 is 1.26 bits per heavy atom. The van der Waals surface area contributed by atoms with E-state index in [1.807, 2.05) is 0 Å². The van der Waals surface area contributed by atoms with Gasteiger partial charge >= 0.3 is 5.88 Å². The van der Waals surface area contributed by atoms with Gasteiger partial charge in [0.2, 0.25) is 0 Å². The van der Waals surface area contributed by atoms with Crippen LogP contribution in [0.4, 0.5) is 5.88 Å². The van der Waals surface area contributed by atoms with Gasteiger partial charge in [0.05, 0.1) is 19.8 Å². The molecule has 166 valence electrons. The van der Waals surface area contributed by atoms with E-state index in [0.717, 1.165) is 32.4 Å². The fourth-order valence-corrected chi connectivity index (χ4v) is 5.01. The lowest BCUT2D eigenvalue weighted by atomic mass is 9.75. The molecule has 1 N–H and O–H groups in total. The molecular weight excluding hydrogens is 392 g/mol. The van der Waals surface area contributed by atoms with Crippen molar-refractivity contribution in [2.75, 3.05) is 20.2 Å². The van der Waals surface area contributed by atoms with Gasteiger partial charge in [-0.1, -0.05) is 20.8 Å². The topological polar surface area (TPSA) is 59.4 Å². The number of rotatable bonds is 5. The molecule has 31 heavy (non-hydrogen) atoms. The molecule has 1 fully saturated rings. The molecule has 0 bridgehead atoms. The average molecular weight is 425 g/mol. The van der Waals surface area contributed by atoms with Gasteiger partial charge in [-0.25, -0.2) is 0 Å². The Hall–Kier alpha value is -2.49. The van der Waals surface area contributed by atoms with Crippen molar-refractivity contribution >= 4 is 5.88 Å². The predicted octanol–water partition coefficient (Wildman–Crippen LogP) is 5.13. The Bertz CT molecular complexity index is 969. The van der Waals surface area contributed by atoms with E-state index in [1.165, 1.54) is 11.1 Å². The number of piperidine rings is 1. The first-order valence-electron chi connectivity index (χ1n) is 11.0. The zero-order chi connectivity index (χ0) is 22.2. The Morgan fingerprint density at radius 2 is 2.06 bits per heavy atom. The van der Waals surface area contributed by atoms with E-state index in [0.29, 0.717) is 23.2 Å². The summed E-state index contributed by atoms with van der Waals surface area (Å²) in [6, 6.07) is 7.76. The maximum atomic E-state index is 10.9. The van der Waals surface area contributed by atoms with Crippen molar-refractivity contribution in [3.05, 3.63) is 52.6 Å². The van der Waals surface area contributed by atoms with Crippen LogP contribution in [-0.4, -0.2) is 36.3 Å². The van der Waals surface area contributed by atoms with Crippen molar-refractivity contribution in [3.8, 4) is 11.5 Å². The number of hydrogen-bond acceptors (Lipinski definition) is 5. The molecule has 1 saturated heterocycles. The number of benzene rings is 1. The SMILES string of the molecule is [C-]#[N+]c1ccc(COc2cc3c(cc2OC)[C@H]2C[C@@H](O)[C@H](CC(C)(C)C)CN2CC3)o1. The number of aliphatic hydroxyl groups excluding tert-OH is 1. The van der Waals surface area contributed by atoms with Crippen LogP contribution < -0.4 is 9.47 Å². The minimum absolute atomic E-state index is 0.212. The molecule has 3 heterocycles. The summed E-state index contributed by atoms with van der Waals surface area (Å²) in [6.07, 6.45) is 2.45. The molecule has 2 aliphatic heterocycles. The molecule has 1 aromatic heterocycles. The number of methoxy groups -OCH3 is 1. The molecule has 2 aromatic rings. The van der Waals surface area contributed by atoms with Gasteiger partial charge in [-0.05, 0) is 66.0 Å². The summed E-state index contributed by atoms with van der Waals surface area (Å²) in [5, 5.41) is 10.9. The van der Waals surface area contributed by atoms with Crippen molar-refractivity contribution in [2.45, 2.75) is 58.8 Å². The van der Waals surface area contributed by atoms with E-state index < -0.39 is 0 Å². The normalized spacial score (nSPS) is 23.5. The number of aliphatic hydroxyl groups is 1. The lowest BCUT2D eigenvalue weighted by molar-refractivity contribution is -0.0259. The Kier molecular flexibility index (Phi) is 6.00. The molecule has 6 nitrogen and oxygen atoms in total. The highest BCUT2D eigenvalue weighted by Gasteiger charge is 2.39. The summed E-state index contributed by atoms with van der Waals surface area (Å²) in [7, 11) is 1.65. The molecule has 0 aliphatic carbocycles. The summed E-state index contributed by atoms with van der Waals surface area (Å²) in [5.74, 6) is 2.55. The summed E-state index contributed by atoms with van der Waals surface area (Å²) < 4.78 is 17.0. The van der Waals surface area contributed by atoms with Gasteiger partial charge in [0, 0.05) is 19.1 Å². The van der Waals surface area contributed by atoms with Crippen LogP contribution in [0.3, 0.4) is 0 Å². The second-order valence-electron chi connectivity index (χ2n) is 9.93. The number of nitrogens with zero attached hydrogens (tertiary/aromatic N) is 2. The first-order chi connectivity index (χ1) is 14.8. The number of fused-ring (bicyclic) bond motifs is 3. The number of furan rings is 1. The zero-order valence-corrected chi connectivity index (χ0v) is 18.9. The standard InChI is InChI=1S/C25H32N2O4/c1-25(2,3)13-17-14-27-9-8-16-10-23(30-15-18-6-7-24(26-4)31-18)22(29-5)11-19(16)20(27)12-21(17)28/h6-7,10-11,17,20-21,28H,8-9,12-15H2,1-3,5H3/t17-,20-,21-/m1/s1. The van der Waals surface area contributed by atoms with Crippen molar-refractivity contribution < 1.29 is 19.0 Å². The molecule has 0 unspecified atom stereocenters. The first kappa shape index (κ1) is 21.7.